The average Bonchev–Trinajstić information content (AvgIpc) is 2.91. The van der Waals surface area contributed by atoms with Crippen molar-refractivity contribution >= 4 is 16.2 Å². The molecule has 4 unspecified atom stereocenters. The first kappa shape index (κ1) is 17.1. The molecule has 124 valence electrons. The number of nitrogens with zero attached hydrogens (tertiary/aromatic N) is 5. The van der Waals surface area contributed by atoms with Crippen molar-refractivity contribution in [3.63, 3.8) is 0 Å². The maximum atomic E-state index is 11.9. The van der Waals surface area contributed by atoms with E-state index in [-0.39, 0.29) is 6.54 Å². The molecule has 1 saturated heterocycles. The van der Waals surface area contributed by atoms with Gasteiger partial charge < -0.3 is 10.1 Å². The van der Waals surface area contributed by atoms with Crippen molar-refractivity contribution in [1.29, 1.82) is 5.41 Å². The Morgan fingerprint density at radius 3 is 3.04 bits per heavy atom. The van der Waals surface area contributed by atoms with Crippen molar-refractivity contribution in [1.82, 2.24) is 9.55 Å². The summed E-state index contributed by atoms with van der Waals surface area (Å²) in [5.41, 5.74) is 9.29. The Hall–Kier alpha value is -2.23. The Morgan fingerprint density at radius 1 is 1.65 bits per heavy atom. The van der Waals surface area contributed by atoms with E-state index in [4.69, 9.17) is 15.7 Å². The topological polar surface area (TPSA) is 149 Å². The molecule has 2 rings (SSSR count). The van der Waals surface area contributed by atoms with E-state index in [1.54, 1.807) is 13.2 Å². The molecule has 0 bridgehead atoms. The fourth-order valence-electron chi connectivity index (χ4n) is 2.27. The van der Waals surface area contributed by atoms with Crippen molar-refractivity contribution in [2.75, 3.05) is 12.8 Å². The molecule has 0 aliphatic carbocycles. The molecule has 0 amide bonds. The van der Waals surface area contributed by atoms with Gasteiger partial charge in [-0.05, 0) is 18.7 Å². The van der Waals surface area contributed by atoms with E-state index in [2.05, 4.69) is 19.4 Å². The summed E-state index contributed by atoms with van der Waals surface area (Å²) in [6, 6.07) is -0.462. The molecule has 2 N–H and O–H groups in total. The standard InChI is InChI=1S/C12H17N7O3S/c1-7-5-19(12(21)16-11(7)20)10-3-8(17-18-14)9(22-10)4-15-23(2)6-13/h5-6,8-10,13H,3-4H2,1-2H3,(H,16,20,21). The lowest BCUT2D eigenvalue weighted by Gasteiger charge is -2.15. The van der Waals surface area contributed by atoms with Crippen LogP contribution in [0.4, 0.5) is 0 Å². The number of hydrogen-bond donors (Lipinski definition) is 2. The molecule has 1 aromatic heterocycles. The van der Waals surface area contributed by atoms with Crippen LogP contribution in [0.3, 0.4) is 0 Å². The van der Waals surface area contributed by atoms with Crippen LogP contribution >= 0.6 is 0 Å². The molecular weight excluding hydrogens is 322 g/mol. The van der Waals surface area contributed by atoms with E-state index in [0.29, 0.717) is 12.0 Å². The van der Waals surface area contributed by atoms with Crippen molar-refractivity contribution in [2.45, 2.75) is 31.7 Å². The summed E-state index contributed by atoms with van der Waals surface area (Å²) in [7, 11) is -0.523. The molecule has 10 nitrogen and oxygen atoms in total. The number of azide groups is 1. The third kappa shape index (κ3) is 3.95. The van der Waals surface area contributed by atoms with Crippen LogP contribution in [0.1, 0.15) is 18.2 Å². The fraction of sp³-hybridized carbons (Fsp3) is 0.583. The van der Waals surface area contributed by atoms with Gasteiger partial charge in [0.1, 0.15) is 6.23 Å². The predicted octanol–water partition coefficient (Wildman–Crippen LogP) is 0.850. The van der Waals surface area contributed by atoms with E-state index in [1.165, 1.54) is 16.3 Å². The van der Waals surface area contributed by atoms with E-state index < -0.39 is 40.3 Å². The predicted molar refractivity (Wildman–Crippen MR) is 86.9 cm³/mol. The minimum atomic E-state index is -0.632. The van der Waals surface area contributed by atoms with Crippen molar-refractivity contribution in [3.05, 3.63) is 43.0 Å². The number of H-pyrrole nitrogens is 1. The van der Waals surface area contributed by atoms with Gasteiger partial charge in [-0.2, -0.15) is 0 Å². The Morgan fingerprint density at radius 2 is 2.39 bits per heavy atom. The first-order valence-electron chi connectivity index (χ1n) is 6.81. The number of aromatic amines is 1. The quantitative estimate of drug-likeness (QED) is 0.269. The highest BCUT2D eigenvalue weighted by molar-refractivity contribution is 7.99. The number of aryl methyl sites for hydroxylation is 1. The van der Waals surface area contributed by atoms with Gasteiger partial charge in [0.05, 0.1) is 24.2 Å². The van der Waals surface area contributed by atoms with Crippen molar-refractivity contribution in [2.24, 2.45) is 9.48 Å². The van der Waals surface area contributed by atoms with Gasteiger partial charge in [-0.25, -0.2) is 4.79 Å². The molecule has 1 aliphatic rings. The van der Waals surface area contributed by atoms with Gasteiger partial charge in [0, 0.05) is 23.1 Å². The first-order valence-corrected chi connectivity index (χ1v) is 8.46. The van der Waals surface area contributed by atoms with E-state index in [9.17, 15) is 9.59 Å². The second-order valence-corrected chi connectivity index (χ2v) is 6.61. The molecule has 0 aromatic carbocycles. The molecule has 4 atom stereocenters. The summed E-state index contributed by atoms with van der Waals surface area (Å²) in [4.78, 5) is 28.4. The second-order valence-electron chi connectivity index (χ2n) is 5.07. The molecule has 0 spiro atoms. The fourth-order valence-corrected chi connectivity index (χ4v) is 2.72. The Bertz CT molecular complexity index is 793. The van der Waals surface area contributed by atoms with Gasteiger partial charge in [-0.15, -0.1) is 0 Å². The summed E-state index contributed by atoms with van der Waals surface area (Å²) < 4.78 is 11.4. The zero-order chi connectivity index (χ0) is 17.0. The highest BCUT2D eigenvalue weighted by Crippen LogP contribution is 2.30. The van der Waals surface area contributed by atoms with Crippen LogP contribution < -0.4 is 11.2 Å². The highest BCUT2D eigenvalue weighted by Gasteiger charge is 2.36. The first-order chi connectivity index (χ1) is 11.0. The summed E-state index contributed by atoms with van der Waals surface area (Å²) >= 11 is 0. The maximum absolute atomic E-state index is 11.9. The second kappa shape index (κ2) is 7.36. The van der Waals surface area contributed by atoms with Gasteiger partial charge in [0.15, 0.2) is 0 Å². The summed E-state index contributed by atoms with van der Waals surface area (Å²) in [5, 5.41) is 10.9. The highest BCUT2D eigenvalue weighted by atomic mass is 32.2. The monoisotopic (exact) mass is 339 g/mol. The zero-order valence-corrected chi connectivity index (χ0v) is 13.5. The van der Waals surface area contributed by atoms with Gasteiger partial charge in [0.2, 0.25) is 0 Å². The number of rotatable bonds is 5. The lowest BCUT2D eigenvalue weighted by molar-refractivity contribution is 0.00201. The van der Waals surface area contributed by atoms with E-state index in [1.807, 2.05) is 0 Å². The van der Waals surface area contributed by atoms with Crippen LogP contribution in [0.5, 0.6) is 0 Å². The van der Waals surface area contributed by atoms with Crippen LogP contribution in [0, 0.1) is 12.3 Å². The lowest BCUT2D eigenvalue weighted by atomic mass is 10.1. The molecule has 1 aliphatic heterocycles. The normalized spacial score (nSPS) is 25.0. The number of aromatic nitrogens is 2. The van der Waals surface area contributed by atoms with Crippen LogP contribution in [0.25, 0.3) is 10.4 Å². The number of nitrogens with one attached hydrogen (secondary N) is 2. The van der Waals surface area contributed by atoms with Gasteiger partial charge >= 0.3 is 5.69 Å². The lowest BCUT2D eigenvalue weighted by Crippen LogP contribution is -2.33. The molecule has 2 heterocycles. The Balaban J connectivity index is 2.28. The number of hydrogen-bond acceptors (Lipinski definition) is 6. The SMILES string of the molecule is Cc1cn(C2CC(N=[N+]=[N-])C(CN=S(C)C=N)O2)c(=O)[nH]c1=O. The van der Waals surface area contributed by atoms with Gasteiger partial charge in [0.25, 0.3) is 5.56 Å². The molecule has 23 heavy (non-hydrogen) atoms. The average molecular weight is 339 g/mol. The van der Waals surface area contributed by atoms with Crippen LogP contribution in [0.15, 0.2) is 25.3 Å². The largest absolute Gasteiger partial charge is 0.352 e. The molecule has 0 radical (unpaired) electrons. The Kier molecular flexibility index (Phi) is 5.48. The van der Waals surface area contributed by atoms with Crippen LogP contribution in [0.2, 0.25) is 0 Å². The van der Waals surface area contributed by atoms with E-state index >= 15 is 0 Å². The molecule has 1 aromatic rings. The van der Waals surface area contributed by atoms with Crippen molar-refractivity contribution < 1.29 is 4.74 Å². The third-order valence-corrected chi connectivity index (χ3v) is 4.39. The molecule has 1 fully saturated rings. The summed E-state index contributed by atoms with van der Waals surface area (Å²) in [6.45, 7) is 1.86. The zero-order valence-electron chi connectivity index (χ0n) is 12.7. The minimum absolute atomic E-state index is 0.270. The molecule has 11 heteroatoms. The van der Waals surface area contributed by atoms with Gasteiger partial charge in [-0.1, -0.05) is 15.8 Å². The van der Waals surface area contributed by atoms with Crippen LogP contribution in [-0.4, -0.2) is 40.0 Å². The molecule has 0 saturated carbocycles. The van der Waals surface area contributed by atoms with E-state index in [0.717, 1.165) is 0 Å². The smallest absolute Gasteiger partial charge is 0.330 e. The summed E-state index contributed by atoms with van der Waals surface area (Å²) in [6.07, 6.45) is 2.44. The Labute approximate surface area is 133 Å². The van der Waals surface area contributed by atoms with Crippen molar-refractivity contribution in [3.8, 4) is 0 Å². The minimum Gasteiger partial charge on any atom is -0.352 e. The maximum Gasteiger partial charge on any atom is 0.330 e. The summed E-state index contributed by atoms with van der Waals surface area (Å²) in [5.74, 6) is 0. The van der Waals surface area contributed by atoms with Gasteiger partial charge in [-0.3, -0.25) is 18.7 Å². The number of ether oxygens (including phenoxy) is 1. The third-order valence-electron chi connectivity index (χ3n) is 3.49. The molecular formula is C12H17N7O3S. The van der Waals surface area contributed by atoms with Crippen LogP contribution in [-0.2, 0) is 15.4 Å².